The maximum absolute atomic E-state index is 12.8. The number of hydrogen-bond donors (Lipinski definition) is 1. The molecule has 1 aromatic rings. The second-order valence-electron chi connectivity index (χ2n) is 4.01. The molecule has 2 rings (SSSR count). The standard InChI is InChI=1S/C11H12F2OS/c12-11(13)4-2-10(14,3-5-11)7-9-1-6-15-8-9/h1-2,4,6,8,14H,3,5,7H2. The van der Waals surface area contributed by atoms with Crippen LogP contribution in [0, 0.1) is 0 Å². The summed E-state index contributed by atoms with van der Waals surface area (Å²) in [4.78, 5) is 0. The molecule has 0 fully saturated rings. The van der Waals surface area contributed by atoms with Gasteiger partial charge in [-0.25, -0.2) is 8.78 Å². The van der Waals surface area contributed by atoms with Crippen LogP contribution in [0.15, 0.2) is 29.0 Å². The quantitative estimate of drug-likeness (QED) is 0.774. The highest BCUT2D eigenvalue weighted by molar-refractivity contribution is 7.07. The van der Waals surface area contributed by atoms with Crippen molar-refractivity contribution in [3.63, 3.8) is 0 Å². The third kappa shape index (κ3) is 2.63. The van der Waals surface area contributed by atoms with Crippen LogP contribution in [-0.4, -0.2) is 16.6 Å². The third-order valence-electron chi connectivity index (χ3n) is 2.62. The maximum atomic E-state index is 12.8. The van der Waals surface area contributed by atoms with Crippen molar-refractivity contribution >= 4 is 11.3 Å². The Morgan fingerprint density at radius 2 is 2.13 bits per heavy atom. The summed E-state index contributed by atoms with van der Waals surface area (Å²) in [5.74, 6) is -2.75. The Hall–Kier alpha value is -0.740. The van der Waals surface area contributed by atoms with Gasteiger partial charge in [0, 0.05) is 12.8 Å². The van der Waals surface area contributed by atoms with E-state index >= 15 is 0 Å². The zero-order valence-corrected chi connectivity index (χ0v) is 8.94. The van der Waals surface area contributed by atoms with Crippen LogP contribution in [-0.2, 0) is 6.42 Å². The van der Waals surface area contributed by atoms with Crippen molar-refractivity contribution in [2.75, 3.05) is 0 Å². The van der Waals surface area contributed by atoms with E-state index in [9.17, 15) is 13.9 Å². The van der Waals surface area contributed by atoms with Crippen LogP contribution in [0.1, 0.15) is 18.4 Å². The Kier molecular flexibility index (Phi) is 2.64. The van der Waals surface area contributed by atoms with Gasteiger partial charge in [0.25, 0.3) is 5.92 Å². The van der Waals surface area contributed by atoms with Gasteiger partial charge in [0.1, 0.15) is 0 Å². The lowest BCUT2D eigenvalue weighted by Gasteiger charge is -2.30. The second-order valence-corrected chi connectivity index (χ2v) is 4.79. The van der Waals surface area contributed by atoms with Crippen molar-refractivity contribution in [3.05, 3.63) is 34.5 Å². The molecule has 1 aliphatic carbocycles. The van der Waals surface area contributed by atoms with E-state index in [2.05, 4.69) is 0 Å². The molecule has 1 N–H and O–H groups in total. The van der Waals surface area contributed by atoms with Gasteiger partial charge in [0.15, 0.2) is 0 Å². The van der Waals surface area contributed by atoms with E-state index < -0.39 is 11.5 Å². The van der Waals surface area contributed by atoms with Crippen LogP contribution in [0.3, 0.4) is 0 Å². The Morgan fingerprint density at radius 3 is 2.67 bits per heavy atom. The molecule has 1 nitrogen and oxygen atoms in total. The summed E-state index contributed by atoms with van der Waals surface area (Å²) in [6, 6.07) is 1.91. The molecule has 82 valence electrons. The minimum atomic E-state index is -2.75. The maximum Gasteiger partial charge on any atom is 0.266 e. The molecular formula is C11H12F2OS. The highest BCUT2D eigenvalue weighted by Gasteiger charge is 2.37. The summed E-state index contributed by atoms with van der Waals surface area (Å²) in [5, 5.41) is 13.9. The van der Waals surface area contributed by atoms with Crippen LogP contribution in [0.4, 0.5) is 8.78 Å². The molecule has 1 atom stereocenters. The average Bonchev–Trinajstić information content (AvgIpc) is 2.64. The lowest BCUT2D eigenvalue weighted by Crippen LogP contribution is -2.35. The van der Waals surface area contributed by atoms with Gasteiger partial charge in [-0.2, -0.15) is 11.3 Å². The number of alkyl halides is 2. The first-order chi connectivity index (χ1) is 6.99. The molecule has 0 aromatic carbocycles. The summed E-state index contributed by atoms with van der Waals surface area (Å²) in [6.45, 7) is 0. The molecule has 0 amide bonds. The first-order valence-corrected chi connectivity index (χ1v) is 5.75. The SMILES string of the molecule is OC1(Cc2ccsc2)C=CC(F)(F)CC1. The molecule has 0 radical (unpaired) electrons. The summed E-state index contributed by atoms with van der Waals surface area (Å²) >= 11 is 1.54. The van der Waals surface area contributed by atoms with Crippen LogP contribution in [0.2, 0.25) is 0 Å². The van der Waals surface area contributed by atoms with Gasteiger partial charge in [-0.1, -0.05) is 6.08 Å². The lowest BCUT2D eigenvalue weighted by molar-refractivity contribution is -0.0114. The van der Waals surface area contributed by atoms with E-state index in [0.29, 0.717) is 6.42 Å². The molecular weight excluding hydrogens is 218 g/mol. The Labute approximate surface area is 91.1 Å². The second kappa shape index (κ2) is 3.68. The fraction of sp³-hybridized carbons (Fsp3) is 0.455. The molecule has 0 spiro atoms. The number of halogens is 2. The van der Waals surface area contributed by atoms with Gasteiger partial charge in [-0.05, 0) is 34.9 Å². The van der Waals surface area contributed by atoms with Crippen molar-refractivity contribution in [2.45, 2.75) is 30.8 Å². The van der Waals surface area contributed by atoms with E-state index in [-0.39, 0.29) is 12.8 Å². The molecule has 1 unspecified atom stereocenters. The minimum Gasteiger partial charge on any atom is -0.385 e. The van der Waals surface area contributed by atoms with E-state index in [0.717, 1.165) is 11.6 Å². The molecule has 1 aliphatic rings. The summed E-state index contributed by atoms with van der Waals surface area (Å²) in [7, 11) is 0. The highest BCUT2D eigenvalue weighted by Crippen LogP contribution is 2.34. The van der Waals surface area contributed by atoms with Gasteiger partial charge < -0.3 is 5.11 Å². The molecule has 0 aliphatic heterocycles. The first-order valence-electron chi connectivity index (χ1n) is 4.81. The van der Waals surface area contributed by atoms with Crippen LogP contribution < -0.4 is 0 Å². The van der Waals surface area contributed by atoms with Crippen LogP contribution >= 0.6 is 11.3 Å². The lowest BCUT2D eigenvalue weighted by atomic mass is 9.85. The third-order valence-corrected chi connectivity index (χ3v) is 3.35. The topological polar surface area (TPSA) is 20.2 Å². The highest BCUT2D eigenvalue weighted by atomic mass is 32.1. The van der Waals surface area contributed by atoms with Gasteiger partial charge in [-0.15, -0.1) is 0 Å². The van der Waals surface area contributed by atoms with E-state index in [1.54, 1.807) is 11.3 Å². The molecule has 15 heavy (non-hydrogen) atoms. The van der Waals surface area contributed by atoms with Gasteiger partial charge in [-0.3, -0.25) is 0 Å². The molecule has 0 saturated heterocycles. The molecule has 4 heteroatoms. The number of thiophene rings is 1. The number of rotatable bonds is 2. The molecule has 0 saturated carbocycles. The Morgan fingerprint density at radius 1 is 1.33 bits per heavy atom. The predicted octanol–water partition coefficient (Wildman–Crippen LogP) is 3.01. The summed E-state index contributed by atoms with van der Waals surface area (Å²) in [6.07, 6.45) is 2.33. The zero-order chi connectivity index (χ0) is 10.9. The van der Waals surface area contributed by atoms with Crippen LogP contribution in [0.5, 0.6) is 0 Å². The van der Waals surface area contributed by atoms with Crippen molar-refractivity contribution in [2.24, 2.45) is 0 Å². The number of allylic oxidation sites excluding steroid dienone is 1. The van der Waals surface area contributed by atoms with E-state index in [4.69, 9.17) is 0 Å². The molecule has 1 heterocycles. The predicted molar refractivity (Wildman–Crippen MR) is 56.3 cm³/mol. The largest absolute Gasteiger partial charge is 0.385 e. The molecule has 1 aromatic heterocycles. The van der Waals surface area contributed by atoms with Crippen molar-refractivity contribution < 1.29 is 13.9 Å². The Bertz CT molecular complexity index is 359. The molecule has 0 bridgehead atoms. The summed E-state index contributed by atoms with van der Waals surface area (Å²) in [5.41, 5.74) is -0.0969. The van der Waals surface area contributed by atoms with E-state index in [1.807, 2.05) is 16.8 Å². The van der Waals surface area contributed by atoms with Gasteiger partial charge >= 0.3 is 0 Å². The number of hydrogen-bond acceptors (Lipinski definition) is 2. The fourth-order valence-corrected chi connectivity index (χ4v) is 2.39. The first kappa shape index (κ1) is 10.8. The van der Waals surface area contributed by atoms with Crippen LogP contribution in [0.25, 0.3) is 0 Å². The van der Waals surface area contributed by atoms with Crippen molar-refractivity contribution in [1.29, 1.82) is 0 Å². The fourth-order valence-electron chi connectivity index (χ4n) is 1.72. The van der Waals surface area contributed by atoms with Crippen molar-refractivity contribution in [3.8, 4) is 0 Å². The van der Waals surface area contributed by atoms with Gasteiger partial charge in [0.2, 0.25) is 0 Å². The van der Waals surface area contributed by atoms with Crippen molar-refractivity contribution in [1.82, 2.24) is 0 Å². The smallest absolute Gasteiger partial charge is 0.266 e. The average molecular weight is 230 g/mol. The minimum absolute atomic E-state index is 0.117. The Balaban J connectivity index is 2.09. The normalized spacial score (nSPS) is 29.3. The monoisotopic (exact) mass is 230 g/mol. The zero-order valence-electron chi connectivity index (χ0n) is 8.12. The summed E-state index contributed by atoms with van der Waals surface area (Å²) < 4.78 is 25.7. The van der Waals surface area contributed by atoms with Gasteiger partial charge in [0.05, 0.1) is 5.60 Å². The van der Waals surface area contributed by atoms with E-state index in [1.165, 1.54) is 6.08 Å². The number of aliphatic hydroxyl groups is 1.